The van der Waals surface area contributed by atoms with Gasteiger partial charge in [-0.15, -0.1) is 5.01 Å². The number of nitrogens with zero attached hydrogens (tertiary/aromatic N) is 4. The van der Waals surface area contributed by atoms with Crippen LogP contribution in [0.15, 0.2) is 17.4 Å². The third-order valence-electron chi connectivity index (χ3n) is 3.11. The Morgan fingerprint density at radius 2 is 1.54 bits per heavy atom. The second-order valence-electron chi connectivity index (χ2n) is 4.95. The Balaban J connectivity index is 3.30. The van der Waals surface area contributed by atoms with E-state index in [1.54, 1.807) is 13.8 Å². The quantitative estimate of drug-likeness (QED) is 0.220. The summed E-state index contributed by atoms with van der Waals surface area (Å²) in [6.45, 7) is 2.25. The zero-order valence-electron chi connectivity index (χ0n) is 14.9. The van der Waals surface area contributed by atoms with Crippen LogP contribution in [0.4, 0.5) is 5.69 Å². The molecule has 154 valence electrons. The Bertz CT molecular complexity index is 763. The van der Waals surface area contributed by atoms with Crippen molar-refractivity contribution in [1.29, 1.82) is 0 Å². The molecule has 0 fully saturated rings. The normalized spacial score (nSPS) is 10.9. The summed E-state index contributed by atoms with van der Waals surface area (Å²) >= 11 is 0. The maximum atomic E-state index is 11.8. The Morgan fingerprint density at radius 1 is 1.04 bits per heavy atom. The van der Waals surface area contributed by atoms with E-state index in [-0.39, 0.29) is 10.7 Å². The van der Waals surface area contributed by atoms with E-state index in [1.165, 1.54) is 5.01 Å². The second kappa shape index (κ2) is 10.3. The molecule has 0 unspecified atom stereocenters. The molecule has 1 aromatic carbocycles. The molecule has 0 aromatic heterocycles. The third-order valence-corrected chi connectivity index (χ3v) is 3.11. The first-order chi connectivity index (χ1) is 13.2. The van der Waals surface area contributed by atoms with Gasteiger partial charge in [0.15, 0.2) is 24.7 Å². The summed E-state index contributed by atoms with van der Waals surface area (Å²) in [5.74, 6) is -4.02. The number of hydrogen-bond acceptors (Lipinski definition) is 9. The summed E-state index contributed by atoms with van der Waals surface area (Å²) in [6.07, 6.45) is 0. The van der Waals surface area contributed by atoms with E-state index in [1.807, 2.05) is 0 Å². The van der Waals surface area contributed by atoms with Crippen molar-refractivity contribution in [3.63, 3.8) is 0 Å². The van der Waals surface area contributed by atoms with Crippen LogP contribution >= 0.6 is 0 Å². The molecule has 2 N–H and O–H groups in total. The van der Waals surface area contributed by atoms with Crippen LogP contribution in [-0.2, 0) is 9.59 Å². The Hall–Kier alpha value is -3.84. The predicted octanol–water partition coefficient (Wildman–Crippen LogP) is 1.03. The van der Waals surface area contributed by atoms with Gasteiger partial charge in [-0.25, -0.2) is 9.59 Å². The molecule has 0 aliphatic heterocycles. The van der Waals surface area contributed by atoms with E-state index in [2.05, 4.69) is 5.28 Å². The van der Waals surface area contributed by atoms with Crippen molar-refractivity contribution >= 4 is 17.6 Å². The minimum absolute atomic E-state index is 0.0936. The molecule has 14 heteroatoms. The summed E-state index contributed by atoms with van der Waals surface area (Å²) < 4.78 is 9.83. The number of carbonyl (C=O) groups is 2. The van der Waals surface area contributed by atoms with Crippen molar-refractivity contribution in [2.24, 2.45) is 5.28 Å². The lowest BCUT2D eigenvalue weighted by molar-refractivity contribution is -0.706. The molecule has 0 aliphatic carbocycles. The number of carboxylic acids is 2. The van der Waals surface area contributed by atoms with Crippen molar-refractivity contribution in [3.8, 4) is 17.2 Å². The number of ether oxygens (including phenoxy) is 2. The fraction of sp³-hybridized carbons (Fsp3) is 0.429. The average Bonchev–Trinajstić information content (AvgIpc) is 2.63. The maximum Gasteiger partial charge on any atom is 0.341 e. The second-order valence-corrected chi connectivity index (χ2v) is 4.95. The summed E-state index contributed by atoms with van der Waals surface area (Å²) in [7, 11) is 0. The largest absolute Gasteiger partial charge is 0.569 e. The topological polar surface area (TPSA) is 187 Å². The van der Waals surface area contributed by atoms with E-state index in [0.29, 0.717) is 13.1 Å². The molecule has 0 radical (unpaired) electrons. The first-order valence-corrected chi connectivity index (χ1v) is 7.81. The molecule has 14 nitrogen and oxygen atoms in total. The third kappa shape index (κ3) is 6.47. The van der Waals surface area contributed by atoms with Crippen LogP contribution < -0.4 is 14.3 Å². The molecule has 0 aliphatic rings. The minimum atomic E-state index is -1.37. The van der Waals surface area contributed by atoms with E-state index in [4.69, 9.17) is 24.5 Å². The number of benzene rings is 1. The van der Waals surface area contributed by atoms with Gasteiger partial charge in [-0.05, 0) is 13.8 Å². The van der Waals surface area contributed by atoms with Gasteiger partial charge < -0.3 is 24.9 Å². The van der Waals surface area contributed by atoms with Crippen molar-refractivity contribution in [2.75, 3.05) is 26.3 Å². The molecule has 1 rings (SSSR count). The Kier molecular flexibility index (Phi) is 8.20. The minimum Gasteiger partial charge on any atom is -0.569 e. The van der Waals surface area contributed by atoms with Gasteiger partial charge in [0.25, 0.3) is 0 Å². The molecular formula is C14H18N4O10. The molecule has 0 spiro atoms. The number of aliphatic carboxylic acids is 2. The molecular weight excluding hydrogens is 384 g/mol. The lowest BCUT2D eigenvalue weighted by atomic mass is 10.2. The van der Waals surface area contributed by atoms with Gasteiger partial charge in [0.1, 0.15) is 0 Å². The number of nitro groups is 1. The predicted molar refractivity (Wildman–Crippen MR) is 89.0 cm³/mol. The number of hydrazine groups is 1. The number of carboxylic acid groups (broad SMARTS) is 2. The van der Waals surface area contributed by atoms with E-state index < -0.39 is 47.3 Å². The average molecular weight is 402 g/mol. The fourth-order valence-corrected chi connectivity index (χ4v) is 1.85. The Morgan fingerprint density at radius 3 is 1.96 bits per heavy atom. The van der Waals surface area contributed by atoms with E-state index in [9.17, 15) is 24.9 Å². The van der Waals surface area contributed by atoms with Crippen LogP contribution in [0.1, 0.15) is 13.8 Å². The molecule has 0 amide bonds. The SMILES string of the molecule is CCN(CC)/[N+]([O-])=N/Oc1cc(OCC(=O)O)c(OCC(=O)O)cc1[N+](=O)[O-]. The van der Waals surface area contributed by atoms with Crippen LogP contribution in [0.3, 0.4) is 0 Å². The van der Waals surface area contributed by atoms with Crippen molar-refractivity contribution in [1.82, 2.24) is 5.01 Å². The van der Waals surface area contributed by atoms with E-state index >= 15 is 0 Å². The van der Waals surface area contributed by atoms with Crippen LogP contribution in [0, 0.1) is 15.3 Å². The van der Waals surface area contributed by atoms with Crippen LogP contribution in [0.5, 0.6) is 17.2 Å². The summed E-state index contributed by atoms with van der Waals surface area (Å²) in [4.78, 5) is 36.6. The number of hydrogen-bond donors (Lipinski definition) is 2. The number of nitro benzene ring substituents is 1. The first-order valence-electron chi connectivity index (χ1n) is 7.81. The van der Waals surface area contributed by atoms with Crippen molar-refractivity contribution < 1.29 is 44.0 Å². The first kappa shape index (κ1) is 22.2. The molecule has 28 heavy (non-hydrogen) atoms. The molecule has 0 saturated carbocycles. The standard InChI is InChI=1S/C14H18N4O10/c1-3-16(4-2)18(25)15-28-10-6-12(27-8-14(21)22)11(26-7-13(19)20)5-9(10)17(23)24/h5-6H,3-4,7-8H2,1-2H3,(H,19,20)(H,21,22)/b18-15-. The molecule has 0 heterocycles. The monoisotopic (exact) mass is 402 g/mol. The van der Waals surface area contributed by atoms with Crippen LogP contribution in [-0.4, -0.2) is 63.4 Å². The maximum absolute atomic E-state index is 11.8. The highest BCUT2D eigenvalue weighted by Crippen LogP contribution is 2.39. The summed E-state index contributed by atoms with van der Waals surface area (Å²) in [5.41, 5.74) is -0.709. The van der Waals surface area contributed by atoms with Crippen molar-refractivity contribution in [3.05, 3.63) is 27.5 Å². The zero-order valence-corrected chi connectivity index (χ0v) is 14.9. The molecule has 0 saturated heterocycles. The van der Waals surface area contributed by atoms with Gasteiger partial charge in [-0.2, -0.15) is 0 Å². The van der Waals surface area contributed by atoms with Gasteiger partial charge >= 0.3 is 17.6 Å². The van der Waals surface area contributed by atoms with Crippen LogP contribution in [0.25, 0.3) is 0 Å². The summed E-state index contributed by atoms with van der Waals surface area (Å²) in [6, 6.07) is 1.65. The van der Waals surface area contributed by atoms with Gasteiger partial charge in [0, 0.05) is 6.07 Å². The lowest BCUT2D eigenvalue weighted by Crippen LogP contribution is -2.30. The van der Waals surface area contributed by atoms with Gasteiger partial charge in [0.05, 0.1) is 29.0 Å². The van der Waals surface area contributed by atoms with E-state index in [0.717, 1.165) is 12.1 Å². The lowest BCUT2D eigenvalue weighted by Gasteiger charge is -2.14. The van der Waals surface area contributed by atoms with Crippen molar-refractivity contribution in [2.45, 2.75) is 13.8 Å². The zero-order chi connectivity index (χ0) is 21.3. The fourth-order valence-electron chi connectivity index (χ4n) is 1.85. The number of rotatable bonds is 12. The van der Waals surface area contributed by atoms with Gasteiger partial charge in [-0.1, -0.05) is 0 Å². The smallest absolute Gasteiger partial charge is 0.341 e. The molecule has 0 atom stereocenters. The highest BCUT2D eigenvalue weighted by Gasteiger charge is 2.24. The summed E-state index contributed by atoms with van der Waals surface area (Å²) in [5, 5.41) is 44.9. The van der Waals surface area contributed by atoms with Crippen LogP contribution in [0.2, 0.25) is 0 Å². The molecule has 1 aromatic rings. The highest BCUT2D eigenvalue weighted by molar-refractivity contribution is 5.70. The van der Waals surface area contributed by atoms with Gasteiger partial charge in [0.2, 0.25) is 11.0 Å². The van der Waals surface area contributed by atoms with Gasteiger partial charge in [-0.3, -0.25) is 15.0 Å². The molecule has 0 bridgehead atoms. The Labute approximate surface area is 157 Å². The highest BCUT2D eigenvalue weighted by atomic mass is 16.7.